The summed E-state index contributed by atoms with van der Waals surface area (Å²) in [4.78, 5) is 0. The Bertz CT molecular complexity index is 545. The molecule has 92 valence electrons. The van der Waals surface area contributed by atoms with Crippen LogP contribution in [0, 0.1) is 6.92 Å². The second-order valence-corrected chi connectivity index (χ2v) is 5.16. The van der Waals surface area contributed by atoms with Gasteiger partial charge in [0.1, 0.15) is 0 Å². The molecule has 1 atom stereocenters. The van der Waals surface area contributed by atoms with E-state index in [4.69, 9.17) is 0 Å². The quantitative estimate of drug-likeness (QED) is 0.811. The molecule has 18 heavy (non-hydrogen) atoms. The zero-order valence-corrected chi connectivity index (χ0v) is 10.8. The summed E-state index contributed by atoms with van der Waals surface area (Å²) >= 11 is 0. The first-order chi connectivity index (χ1) is 8.83. The van der Waals surface area contributed by atoms with Gasteiger partial charge in [-0.25, -0.2) is 0 Å². The van der Waals surface area contributed by atoms with Crippen LogP contribution in [0.3, 0.4) is 0 Å². The first kappa shape index (κ1) is 11.3. The molecule has 0 aromatic heterocycles. The molecular weight excluding hydrogens is 218 g/mol. The van der Waals surface area contributed by atoms with Crippen molar-refractivity contribution in [3.63, 3.8) is 0 Å². The van der Waals surface area contributed by atoms with Gasteiger partial charge in [-0.3, -0.25) is 0 Å². The molecule has 0 saturated heterocycles. The molecule has 1 N–H and O–H groups in total. The van der Waals surface area contributed by atoms with Crippen LogP contribution in [0.1, 0.15) is 35.6 Å². The third-order valence-electron chi connectivity index (χ3n) is 3.73. The molecule has 0 fully saturated rings. The number of fused-ring (bicyclic) bond motifs is 1. The van der Waals surface area contributed by atoms with Crippen LogP contribution in [0.25, 0.3) is 0 Å². The predicted octanol–water partition coefficient (Wildman–Crippen LogP) is 4.48. The fourth-order valence-corrected chi connectivity index (χ4v) is 2.84. The number of nitrogens with one attached hydrogen (secondary N) is 1. The number of hydrogen-bond donors (Lipinski definition) is 1. The first-order valence-corrected chi connectivity index (χ1v) is 6.74. The Morgan fingerprint density at radius 2 is 1.94 bits per heavy atom. The van der Waals surface area contributed by atoms with Crippen molar-refractivity contribution < 1.29 is 0 Å². The molecule has 0 spiro atoms. The Balaban J connectivity index is 1.86. The molecule has 0 aliphatic heterocycles. The maximum absolute atomic E-state index is 3.68. The fourth-order valence-electron chi connectivity index (χ4n) is 2.84. The maximum Gasteiger partial charge on any atom is 0.0516 e. The highest BCUT2D eigenvalue weighted by Crippen LogP contribution is 2.32. The summed E-state index contributed by atoms with van der Waals surface area (Å²) < 4.78 is 0. The monoisotopic (exact) mass is 237 g/mol. The minimum Gasteiger partial charge on any atom is -0.378 e. The SMILES string of the molecule is Cc1cccc(NC2CCCc3ccccc32)c1. The van der Waals surface area contributed by atoms with E-state index in [1.807, 2.05) is 0 Å². The average Bonchev–Trinajstić information content (AvgIpc) is 2.39. The molecule has 3 rings (SSSR count). The van der Waals surface area contributed by atoms with Crippen LogP contribution in [-0.4, -0.2) is 0 Å². The average molecular weight is 237 g/mol. The highest BCUT2D eigenvalue weighted by Gasteiger charge is 2.19. The van der Waals surface area contributed by atoms with Gasteiger partial charge in [0.15, 0.2) is 0 Å². The van der Waals surface area contributed by atoms with E-state index in [9.17, 15) is 0 Å². The lowest BCUT2D eigenvalue weighted by Gasteiger charge is -2.27. The Labute approximate surface area is 109 Å². The molecule has 0 amide bonds. The highest BCUT2D eigenvalue weighted by atomic mass is 14.9. The van der Waals surface area contributed by atoms with Crippen LogP contribution < -0.4 is 5.32 Å². The summed E-state index contributed by atoms with van der Waals surface area (Å²) in [6.45, 7) is 2.14. The number of hydrogen-bond acceptors (Lipinski definition) is 1. The van der Waals surface area contributed by atoms with E-state index in [-0.39, 0.29) is 0 Å². The molecule has 2 aromatic rings. The maximum atomic E-state index is 3.68. The fraction of sp³-hybridized carbons (Fsp3) is 0.294. The molecule has 0 heterocycles. The van der Waals surface area contributed by atoms with E-state index in [2.05, 4.69) is 60.8 Å². The second-order valence-electron chi connectivity index (χ2n) is 5.16. The second kappa shape index (κ2) is 4.85. The first-order valence-electron chi connectivity index (χ1n) is 6.74. The number of anilines is 1. The topological polar surface area (TPSA) is 12.0 Å². The third-order valence-corrected chi connectivity index (χ3v) is 3.73. The normalized spacial score (nSPS) is 18.2. The van der Waals surface area contributed by atoms with Gasteiger partial charge in [-0.05, 0) is 55.0 Å². The van der Waals surface area contributed by atoms with E-state index in [0.717, 1.165) is 0 Å². The van der Waals surface area contributed by atoms with Crippen molar-refractivity contribution >= 4 is 5.69 Å². The van der Waals surface area contributed by atoms with Crippen LogP contribution in [0.2, 0.25) is 0 Å². The summed E-state index contributed by atoms with van der Waals surface area (Å²) in [5.41, 5.74) is 5.53. The Morgan fingerprint density at radius 1 is 1.06 bits per heavy atom. The van der Waals surface area contributed by atoms with Gasteiger partial charge in [0.25, 0.3) is 0 Å². The smallest absolute Gasteiger partial charge is 0.0516 e. The van der Waals surface area contributed by atoms with Gasteiger partial charge in [0.05, 0.1) is 6.04 Å². The lowest BCUT2D eigenvalue weighted by atomic mass is 9.87. The van der Waals surface area contributed by atoms with Crippen LogP contribution in [0.4, 0.5) is 5.69 Å². The lowest BCUT2D eigenvalue weighted by Crippen LogP contribution is -2.17. The van der Waals surface area contributed by atoms with Gasteiger partial charge < -0.3 is 5.32 Å². The van der Waals surface area contributed by atoms with Crippen molar-refractivity contribution in [3.05, 3.63) is 65.2 Å². The van der Waals surface area contributed by atoms with Crippen molar-refractivity contribution in [1.29, 1.82) is 0 Å². The van der Waals surface area contributed by atoms with Crippen molar-refractivity contribution in [1.82, 2.24) is 0 Å². The molecule has 1 unspecified atom stereocenters. The standard InChI is InChI=1S/C17H19N/c1-13-6-4-9-15(12-13)18-17-11-5-8-14-7-2-3-10-16(14)17/h2-4,6-7,9-10,12,17-18H,5,8,11H2,1H3. The van der Waals surface area contributed by atoms with Crippen molar-refractivity contribution in [2.45, 2.75) is 32.2 Å². The predicted molar refractivity (Wildman–Crippen MR) is 76.9 cm³/mol. The Morgan fingerprint density at radius 3 is 2.83 bits per heavy atom. The van der Waals surface area contributed by atoms with Crippen LogP contribution in [-0.2, 0) is 6.42 Å². The third kappa shape index (κ3) is 2.26. The van der Waals surface area contributed by atoms with Gasteiger partial charge in [0, 0.05) is 5.69 Å². The van der Waals surface area contributed by atoms with E-state index < -0.39 is 0 Å². The van der Waals surface area contributed by atoms with Gasteiger partial charge in [-0.2, -0.15) is 0 Å². The van der Waals surface area contributed by atoms with Crippen molar-refractivity contribution in [2.24, 2.45) is 0 Å². The van der Waals surface area contributed by atoms with Crippen LogP contribution in [0.15, 0.2) is 48.5 Å². The Hall–Kier alpha value is -1.76. The molecule has 2 aromatic carbocycles. The summed E-state index contributed by atoms with van der Waals surface area (Å²) in [5, 5.41) is 3.68. The minimum absolute atomic E-state index is 0.469. The Kier molecular flexibility index (Phi) is 3.06. The summed E-state index contributed by atoms with van der Waals surface area (Å²) in [7, 11) is 0. The minimum atomic E-state index is 0.469. The van der Waals surface area contributed by atoms with Crippen LogP contribution >= 0.6 is 0 Å². The van der Waals surface area contributed by atoms with E-state index >= 15 is 0 Å². The molecule has 1 aliphatic carbocycles. The molecular formula is C17H19N. The number of aryl methyl sites for hydroxylation is 2. The molecule has 1 nitrogen and oxygen atoms in total. The van der Waals surface area contributed by atoms with Crippen molar-refractivity contribution in [2.75, 3.05) is 5.32 Å². The molecule has 1 heteroatoms. The van der Waals surface area contributed by atoms with E-state index in [1.165, 1.54) is 41.6 Å². The lowest BCUT2D eigenvalue weighted by molar-refractivity contribution is 0.600. The molecule has 1 aliphatic rings. The summed E-state index contributed by atoms with van der Waals surface area (Å²) in [6, 6.07) is 17.9. The van der Waals surface area contributed by atoms with Gasteiger partial charge >= 0.3 is 0 Å². The number of rotatable bonds is 2. The zero-order chi connectivity index (χ0) is 12.4. The van der Waals surface area contributed by atoms with Gasteiger partial charge in [0.2, 0.25) is 0 Å². The van der Waals surface area contributed by atoms with Crippen molar-refractivity contribution in [3.8, 4) is 0 Å². The van der Waals surface area contributed by atoms with Gasteiger partial charge in [-0.1, -0.05) is 36.4 Å². The highest BCUT2D eigenvalue weighted by molar-refractivity contribution is 5.49. The number of benzene rings is 2. The van der Waals surface area contributed by atoms with Crippen LogP contribution in [0.5, 0.6) is 0 Å². The van der Waals surface area contributed by atoms with Gasteiger partial charge in [-0.15, -0.1) is 0 Å². The molecule has 0 radical (unpaired) electrons. The largest absolute Gasteiger partial charge is 0.378 e. The summed E-state index contributed by atoms with van der Waals surface area (Å²) in [6.07, 6.45) is 3.73. The zero-order valence-electron chi connectivity index (χ0n) is 10.8. The molecule has 0 bridgehead atoms. The molecule has 0 saturated carbocycles. The van der Waals surface area contributed by atoms with E-state index in [1.54, 1.807) is 0 Å². The van der Waals surface area contributed by atoms with E-state index in [0.29, 0.717) is 6.04 Å². The summed E-state index contributed by atoms with van der Waals surface area (Å²) in [5.74, 6) is 0.